The maximum atomic E-state index is 5.76. The van der Waals surface area contributed by atoms with Gasteiger partial charge in [-0.15, -0.1) is 0 Å². The summed E-state index contributed by atoms with van der Waals surface area (Å²) in [5.41, 5.74) is 9.90. The molecule has 0 saturated heterocycles. The molecule has 2 aromatic heterocycles. The van der Waals surface area contributed by atoms with E-state index >= 15 is 0 Å². The van der Waals surface area contributed by atoms with Crippen molar-refractivity contribution in [2.24, 2.45) is 0 Å². The van der Waals surface area contributed by atoms with E-state index in [1.807, 2.05) is 24.5 Å². The number of nitrogens with zero attached hydrogens (tertiary/aromatic N) is 2. The van der Waals surface area contributed by atoms with E-state index in [9.17, 15) is 0 Å². The molecule has 17 heavy (non-hydrogen) atoms. The summed E-state index contributed by atoms with van der Waals surface area (Å²) in [5.74, 6) is 0. The standard InChI is InChI=1S/C13H13N3S/c1-9(10-4-5-17-7-10)16-8-15-12-6-11(14)2-3-13(12)16/h2-9H,14H2,1H3. The van der Waals surface area contributed by atoms with Crippen LogP contribution in [0.25, 0.3) is 11.0 Å². The van der Waals surface area contributed by atoms with Crippen molar-refractivity contribution < 1.29 is 0 Å². The third-order valence-electron chi connectivity index (χ3n) is 3.04. The van der Waals surface area contributed by atoms with Gasteiger partial charge in [-0.2, -0.15) is 11.3 Å². The average Bonchev–Trinajstić information content (AvgIpc) is 2.96. The van der Waals surface area contributed by atoms with Crippen molar-refractivity contribution in [3.05, 3.63) is 46.9 Å². The zero-order valence-electron chi connectivity index (χ0n) is 9.50. The number of hydrogen-bond acceptors (Lipinski definition) is 3. The molecule has 2 heterocycles. The molecule has 0 bridgehead atoms. The molecule has 0 spiro atoms. The predicted molar refractivity (Wildman–Crippen MR) is 72.3 cm³/mol. The molecule has 0 fully saturated rings. The van der Waals surface area contributed by atoms with E-state index in [2.05, 4.69) is 33.3 Å². The normalized spacial score (nSPS) is 13.0. The van der Waals surface area contributed by atoms with Gasteiger partial charge in [0.05, 0.1) is 23.4 Å². The minimum atomic E-state index is 0.301. The Hall–Kier alpha value is -1.81. The largest absolute Gasteiger partial charge is 0.399 e. The van der Waals surface area contributed by atoms with Gasteiger partial charge in [-0.05, 0) is 47.5 Å². The van der Waals surface area contributed by atoms with Crippen molar-refractivity contribution >= 4 is 28.1 Å². The van der Waals surface area contributed by atoms with Crippen LogP contribution in [-0.4, -0.2) is 9.55 Å². The number of imidazole rings is 1. The smallest absolute Gasteiger partial charge is 0.0964 e. The molecule has 4 heteroatoms. The average molecular weight is 243 g/mol. The predicted octanol–water partition coefficient (Wildman–Crippen LogP) is 3.29. The van der Waals surface area contributed by atoms with E-state index in [0.717, 1.165) is 16.7 Å². The highest BCUT2D eigenvalue weighted by Crippen LogP contribution is 2.25. The summed E-state index contributed by atoms with van der Waals surface area (Å²) in [6, 6.07) is 8.31. The van der Waals surface area contributed by atoms with Crippen molar-refractivity contribution in [1.29, 1.82) is 0 Å². The van der Waals surface area contributed by atoms with Gasteiger partial charge in [0.25, 0.3) is 0 Å². The molecule has 1 unspecified atom stereocenters. The molecular weight excluding hydrogens is 230 g/mol. The Morgan fingerprint density at radius 2 is 2.24 bits per heavy atom. The summed E-state index contributed by atoms with van der Waals surface area (Å²) < 4.78 is 2.18. The van der Waals surface area contributed by atoms with Crippen molar-refractivity contribution in [3.8, 4) is 0 Å². The zero-order chi connectivity index (χ0) is 11.8. The molecule has 2 N–H and O–H groups in total. The SMILES string of the molecule is CC(c1ccsc1)n1cnc2cc(N)ccc21. The monoisotopic (exact) mass is 243 g/mol. The highest BCUT2D eigenvalue weighted by molar-refractivity contribution is 7.07. The number of benzene rings is 1. The van der Waals surface area contributed by atoms with Crippen LogP contribution >= 0.6 is 11.3 Å². The van der Waals surface area contributed by atoms with Gasteiger partial charge in [0.15, 0.2) is 0 Å². The van der Waals surface area contributed by atoms with Gasteiger partial charge in [0.2, 0.25) is 0 Å². The van der Waals surface area contributed by atoms with Gasteiger partial charge < -0.3 is 10.3 Å². The van der Waals surface area contributed by atoms with Gasteiger partial charge in [-0.25, -0.2) is 4.98 Å². The fourth-order valence-electron chi connectivity index (χ4n) is 2.03. The lowest BCUT2D eigenvalue weighted by atomic mass is 10.1. The second-order valence-electron chi connectivity index (χ2n) is 4.13. The molecule has 3 rings (SSSR count). The van der Waals surface area contributed by atoms with Crippen LogP contribution in [0, 0.1) is 0 Å². The van der Waals surface area contributed by atoms with Gasteiger partial charge in [-0.1, -0.05) is 0 Å². The Kier molecular flexibility index (Phi) is 2.37. The molecule has 0 saturated carbocycles. The van der Waals surface area contributed by atoms with Crippen LogP contribution in [0.3, 0.4) is 0 Å². The molecule has 0 amide bonds. The number of nitrogens with two attached hydrogens (primary N) is 1. The Labute approximate surface area is 104 Å². The van der Waals surface area contributed by atoms with Crippen molar-refractivity contribution in [2.75, 3.05) is 5.73 Å². The topological polar surface area (TPSA) is 43.8 Å². The molecule has 1 aromatic carbocycles. The maximum Gasteiger partial charge on any atom is 0.0964 e. The lowest BCUT2D eigenvalue weighted by Crippen LogP contribution is -2.03. The number of nitrogen functional groups attached to an aromatic ring is 1. The maximum absolute atomic E-state index is 5.76. The number of hydrogen-bond donors (Lipinski definition) is 1. The molecule has 1 atom stereocenters. The van der Waals surface area contributed by atoms with Gasteiger partial charge in [0, 0.05) is 5.69 Å². The molecule has 3 aromatic rings. The van der Waals surface area contributed by atoms with Gasteiger partial charge in [-0.3, -0.25) is 0 Å². The Morgan fingerprint density at radius 1 is 1.35 bits per heavy atom. The number of thiophene rings is 1. The van der Waals surface area contributed by atoms with Crippen LogP contribution < -0.4 is 5.73 Å². The highest BCUT2D eigenvalue weighted by atomic mass is 32.1. The number of aromatic nitrogens is 2. The summed E-state index contributed by atoms with van der Waals surface area (Å²) in [5, 5.41) is 4.27. The fraction of sp³-hybridized carbons (Fsp3) is 0.154. The Balaban J connectivity index is 2.12. The van der Waals surface area contributed by atoms with Crippen LogP contribution in [0.1, 0.15) is 18.5 Å². The van der Waals surface area contributed by atoms with E-state index in [4.69, 9.17) is 5.73 Å². The molecule has 0 aliphatic carbocycles. The van der Waals surface area contributed by atoms with Crippen LogP contribution in [0.15, 0.2) is 41.4 Å². The fourth-order valence-corrected chi connectivity index (χ4v) is 2.78. The molecule has 3 nitrogen and oxygen atoms in total. The first-order valence-corrected chi connectivity index (χ1v) is 6.44. The van der Waals surface area contributed by atoms with Crippen LogP contribution in [-0.2, 0) is 0 Å². The highest BCUT2D eigenvalue weighted by Gasteiger charge is 2.11. The third kappa shape index (κ3) is 1.70. The third-order valence-corrected chi connectivity index (χ3v) is 3.74. The van der Waals surface area contributed by atoms with Crippen LogP contribution in [0.5, 0.6) is 0 Å². The summed E-state index contributed by atoms with van der Waals surface area (Å²) in [7, 11) is 0. The first-order chi connectivity index (χ1) is 8.25. The molecule has 0 aliphatic rings. The van der Waals surface area contributed by atoms with Crippen molar-refractivity contribution in [2.45, 2.75) is 13.0 Å². The molecule has 0 aliphatic heterocycles. The lowest BCUT2D eigenvalue weighted by Gasteiger charge is -2.12. The molecule has 0 radical (unpaired) electrons. The first-order valence-electron chi connectivity index (χ1n) is 5.50. The second kappa shape index (κ2) is 3.89. The van der Waals surface area contributed by atoms with Crippen LogP contribution in [0.4, 0.5) is 5.69 Å². The Morgan fingerprint density at radius 3 is 3.00 bits per heavy atom. The van der Waals surface area contributed by atoms with E-state index in [1.54, 1.807) is 11.3 Å². The van der Waals surface area contributed by atoms with E-state index < -0.39 is 0 Å². The van der Waals surface area contributed by atoms with Gasteiger partial charge >= 0.3 is 0 Å². The van der Waals surface area contributed by atoms with E-state index in [1.165, 1.54) is 5.56 Å². The summed E-state index contributed by atoms with van der Waals surface area (Å²) >= 11 is 1.72. The zero-order valence-corrected chi connectivity index (χ0v) is 10.3. The first kappa shape index (κ1) is 10.4. The van der Waals surface area contributed by atoms with E-state index in [-0.39, 0.29) is 0 Å². The summed E-state index contributed by atoms with van der Waals surface area (Å²) in [6.07, 6.45) is 1.88. The second-order valence-corrected chi connectivity index (χ2v) is 4.91. The Bertz CT molecular complexity index is 640. The summed E-state index contributed by atoms with van der Waals surface area (Å²) in [6.45, 7) is 2.18. The number of rotatable bonds is 2. The quantitative estimate of drug-likeness (QED) is 0.702. The molecule has 86 valence electrons. The van der Waals surface area contributed by atoms with Gasteiger partial charge in [0.1, 0.15) is 0 Å². The number of fused-ring (bicyclic) bond motifs is 1. The minimum Gasteiger partial charge on any atom is -0.399 e. The minimum absolute atomic E-state index is 0.301. The van der Waals surface area contributed by atoms with Crippen LogP contribution in [0.2, 0.25) is 0 Å². The van der Waals surface area contributed by atoms with E-state index in [0.29, 0.717) is 6.04 Å². The number of anilines is 1. The molecular formula is C13H13N3S. The summed E-state index contributed by atoms with van der Waals surface area (Å²) in [4.78, 5) is 4.40. The lowest BCUT2D eigenvalue weighted by molar-refractivity contribution is 0.660. The van der Waals surface area contributed by atoms with Crippen molar-refractivity contribution in [1.82, 2.24) is 9.55 Å². The van der Waals surface area contributed by atoms with Crippen molar-refractivity contribution in [3.63, 3.8) is 0 Å².